The van der Waals surface area contributed by atoms with Crippen LogP contribution in [0, 0.1) is 16.7 Å². The molecule has 0 spiro atoms. The number of carbonyl (C=O) groups excluding carboxylic acids is 1. The van der Waals surface area contributed by atoms with Gasteiger partial charge in [0.15, 0.2) is 0 Å². The third kappa shape index (κ3) is 2.53. The maximum absolute atomic E-state index is 12.2. The van der Waals surface area contributed by atoms with E-state index >= 15 is 0 Å². The summed E-state index contributed by atoms with van der Waals surface area (Å²) >= 11 is 0. The van der Waals surface area contributed by atoms with Gasteiger partial charge in [-0.3, -0.25) is 4.79 Å². The summed E-state index contributed by atoms with van der Waals surface area (Å²) < 4.78 is 0. The number of piperazine rings is 1. The molecule has 1 amide bonds. The molecule has 1 atom stereocenters. The summed E-state index contributed by atoms with van der Waals surface area (Å²) in [5.41, 5.74) is -0.839. The first-order chi connectivity index (χ1) is 7.57. The number of nitriles is 1. The summed E-state index contributed by atoms with van der Waals surface area (Å²) in [7, 11) is 0. The van der Waals surface area contributed by atoms with Gasteiger partial charge in [0.05, 0.1) is 6.07 Å². The van der Waals surface area contributed by atoms with Gasteiger partial charge in [-0.1, -0.05) is 13.8 Å². The van der Waals surface area contributed by atoms with Crippen molar-refractivity contribution in [1.29, 1.82) is 5.26 Å². The molecule has 1 fully saturated rings. The molecule has 1 unspecified atom stereocenters. The molecule has 0 radical (unpaired) electrons. The molecule has 1 aliphatic rings. The standard InChI is InChI=1S/C12H21N3O/c1-4-12(3,10-13)11(16)15-8-6-14(5-2)7-9-15/h4-9H2,1-3H3. The second kappa shape index (κ2) is 5.31. The number of carbonyl (C=O) groups is 1. The molecule has 4 nitrogen and oxygen atoms in total. The highest BCUT2D eigenvalue weighted by Gasteiger charge is 2.36. The lowest BCUT2D eigenvalue weighted by Crippen LogP contribution is -2.52. The lowest BCUT2D eigenvalue weighted by molar-refractivity contribution is -0.140. The van der Waals surface area contributed by atoms with Gasteiger partial charge < -0.3 is 9.80 Å². The fourth-order valence-corrected chi connectivity index (χ4v) is 1.89. The van der Waals surface area contributed by atoms with Crippen LogP contribution in [-0.4, -0.2) is 48.4 Å². The Hall–Kier alpha value is -1.08. The summed E-state index contributed by atoms with van der Waals surface area (Å²) in [5.74, 6) is -0.00625. The second-order valence-electron chi connectivity index (χ2n) is 4.52. The van der Waals surface area contributed by atoms with Gasteiger partial charge in [0.2, 0.25) is 5.91 Å². The van der Waals surface area contributed by atoms with Crippen molar-refractivity contribution in [2.75, 3.05) is 32.7 Å². The van der Waals surface area contributed by atoms with Gasteiger partial charge in [0.1, 0.15) is 5.41 Å². The van der Waals surface area contributed by atoms with Gasteiger partial charge in [-0.05, 0) is 19.9 Å². The van der Waals surface area contributed by atoms with E-state index in [1.807, 2.05) is 11.8 Å². The Balaban J connectivity index is 2.60. The van der Waals surface area contributed by atoms with Crippen LogP contribution in [0.25, 0.3) is 0 Å². The molecular formula is C12H21N3O. The van der Waals surface area contributed by atoms with Crippen LogP contribution < -0.4 is 0 Å². The van der Waals surface area contributed by atoms with Gasteiger partial charge in [0.25, 0.3) is 0 Å². The Morgan fingerprint density at radius 3 is 2.25 bits per heavy atom. The summed E-state index contributed by atoms with van der Waals surface area (Å²) in [4.78, 5) is 16.3. The zero-order valence-electron chi connectivity index (χ0n) is 10.5. The first-order valence-electron chi connectivity index (χ1n) is 6.00. The first kappa shape index (κ1) is 13.0. The average molecular weight is 223 g/mol. The summed E-state index contributed by atoms with van der Waals surface area (Å²) in [6.07, 6.45) is 0.580. The van der Waals surface area contributed by atoms with Crippen molar-refractivity contribution in [3.8, 4) is 6.07 Å². The van der Waals surface area contributed by atoms with E-state index in [0.717, 1.165) is 32.7 Å². The lowest BCUT2D eigenvalue weighted by Gasteiger charge is -2.37. The molecule has 90 valence electrons. The maximum Gasteiger partial charge on any atom is 0.242 e. The molecule has 1 saturated heterocycles. The van der Waals surface area contributed by atoms with Crippen molar-refractivity contribution < 1.29 is 4.79 Å². The smallest absolute Gasteiger partial charge is 0.242 e. The Kier molecular flexibility index (Phi) is 4.31. The van der Waals surface area contributed by atoms with E-state index in [9.17, 15) is 4.79 Å². The van der Waals surface area contributed by atoms with Crippen molar-refractivity contribution in [3.05, 3.63) is 0 Å². The summed E-state index contributed by atoms with van der Waals surface area (Å²) in [5, 5.41) is 9.08. The molecule has 0 aromatic rings. The van der Waals surface area contributed by atoms with Crippen LogP contribution >= 0.6 is 0 Å². The maximum atomic E-state index is 12.2. The normalized spacial score (nSPS) is 21.2. The highest BCUT2D eigenvalue weighted by molar-refractivity contribution is 5.85. The fourth-order valence-electron chi connectivity index (χ4n) is 1.89. The van der Waals surface area contributed by atoms with Crippen molar-refractivity contribution in [2.24, 2.45) is 5.41 Å². The molecule has 0 aromatic heterocycles. The largest absolute Gasteiger partial charge is 0.339 e. The minimum atomic E-state index is -0.839. The number of rotatable bonds is 3. The van der Waals surface area contributed by atoms with Crippen LogP contribution in [0.15, 0.2) is 0 Å². The van der Waals surface area contributed by atoms with Crippen LogP contribution in [0.3, 0.4) is 0 Å². The van der Waals surface area contributed by atoms with Gasteiger partial charge in [-0.15, -0.1) is 0 Å². The Bertz CT molecular complexity index is 289. The van der Waals surface area contributed by atoms with Crippen molar-refractivity contribution >= 4 is 5.91 Å². The number of hydrogen-bond donors (Lipinski definition) is 0. The zero-order valence-corrected chi connectivity index (χ0v) is 10.5. The Morgan fingerprint density at radius 1 is 1.31 bits per heavy atom. The lowest BCUT2D eigenvalue weighted by atomic mass is 9.87. The minimum absolute atomic E-state index is 0.00625. The van der Waals surface area contributed by atoms with E-state index in [-0.39, 0.29) is 5.91 Å². The van der Waals surface area contributed by atoms with E-state index in [0.29, 0.717) is 6.42 Å². The summed E-state index contributed by atoms with van der Waals surface area (Å²) in [6, 6.07) is 2.15. The highest BCUT2D eigenvalue weighted by atomic mass is 16.2. The number of amides is 1. The third-order valence-corrected chi connectivity index (χ3v) is 3.53. The first-order valence-corrected chi connectivity index (χ1v) is 6.00. The molecule has 1 heterocycles. The van der Waals surface area contributed by atoms with Crippen LogP contribution in [0.1, 0.15) is 27.2 Å². The van der Waals surface area contributed by atoms with E-state index in [1.165, 1.54) is 0 Å². The molecule has 4 heteroatoms. The van der Waals surface area contributed by atoms with Crippen LogP contribution in [0.4, 0.5) is 0 Å². The summed E-state index contributed by atoms with van der Waals surface area (Å²) in [6.45, 7) is 10.1. The second-order valence-corrected chi connectivity index (χ2v) is 4.52. The SMILES string of the molecule is CCN1CCN(C(=O)C(C)(C#N)CC)CC1. The quantitative estimate of drug-likeness (QED) is 0.719. The minimum Gasteiger partial charge on any atom is -0.339 e. The van der Waals surface area contributed by atoms with E-state index in [1.54, 1.807) is 6.92 Å². The van der Waals surface area contributed by atoms with Gasteiger partial charge in [0, 0.05) is 26.2 Å². The Labute approximate surface area is 97.8 Å². The fraction of sp³-hybridized carbons (Fsp3) is 0.833. The molecule has 0 N–H and O–H groups in total. The van der Waals surface area contributed by atoms with Crippen LogP contribution in [0.5, 0.6) is 0 Å². The highest BCUT2D eigenvalue weighted by Crippen LogP contribution is 2.23. The molecule has 1 rings (SSSR count). The molecule has 0 bridgehead atoms. The monoisotopic (exact) mass is 223 g/mol. The predicted octanol–water partition coefficient (Wildman–Crippen LogP) is 1.09. The van der Waals surface area contributed by atoms with Crippen LogP contribution in [-0.2, 0) is 4.79 Å². The third-order valence-electron chi connectivity index (χ3n) is 3.53. The predicted molar refractivity (Wildman–Crippen MR) is 62.7 cm³/mol. The van der Waals surface area contributed by atoms with Gasteiger partial charge in [-0.25, -0.2) is 0 Å². The van der Waals surface area contributed by atoms with Crippen molar-refractivity contribution in [1.82, 2.24) is 9.80 Å². The van der Waals surface area contributed by atoms with Crippen molar-refractivity contribution in [3.63, 3.8) is 0 Å². The number of hydrogen-bond acceptors (Lipinski definition) is 3. The van der Waals surface area contributed by atoms with Gasteiger partial charge in [-0.2, -0.15) is 5.26 Å². The molecule has 16 heavy (non-hydrogen) atoms. The Morgan fingerprint density at radius 2 is 1.88 bits per heavy atom. The average Bonchev–Trinajstić information content (AvgIpc) is 2.37. The van der Waals surface area contributed by atoms with E-state index in [4.69, 9.17) is 5.26 Å². The van der Waals surface area contributed by atoms with Crippen LogP contribution in [0.2, 0.25) is 0 Å². The van der Waals surface area contributed by atoms with E-state index < -0.39 is 5.41 Å². The topological polar surface area (TPSA) is 47.3 Å². The number of likely N-dealkylation sites (N-methyl/N-ethyl adjacent to an activating group) is 1. The molecule has 0 aromatic carbocycles. The molecule has 0 saturated carbocycles. The van der Waals surface area contributed by atoms with Crippen molar-refractivity contribution in [2.45, 2.75) is 27.2 Å². The van der Waals surface area contributed by atoms with E-state index in [2.05, 4.69) is 17.9 Å². The van der Waals surface area contributed by atoms with Gasteiger partial charge >= 0.3 is 0 Å². The zero-order chi connectivity index (χ0) is 12.2. The molecule has 0 aliphatic carbocycles. The molecular weight excluding hydrogens is 202 g/mol. The number of nitrogens with zero attached hydrogens (tertiary/aromatic N) is 3. The molecule has 1 aliphatic heterocycles.